The monoisotopic (exact) mass is 187 g/mol. The van der Waals surface area contributed by atoms with Gasteiger partial charge in [0, 0.05) is 13.0 Å². The lowest BCUT2D eigenvalue weighted by atomic mass is 10.4. The molecule has 0 fully saturated rings. The summed E-state index contributed by atoms with van der Waals surface area (Å²) in [6.45, 7) is 8.43. The fourth-order valence-electron chi connectivity index (χ4n) is 0.329. The molecule has 3 nitrogen and oxygen atoms in total. The summed E-state index contributed by atoms with van der Waals surface area (Å²) in [7, 11) is 0. The van der Waals surface area contributed by atoms with E-state index in [0.29, 0.717) is 0 Å². The second-order valence-corrected chi connectivity index (χ2v) is 1.82. The fraction of sp³-hybridized carbons (Fsp3) is 0.333. The standard InChI is InChI=1S/C7H8FNO2.C2H6/c1-3-7(8)5-4-6(2)9(10)11;1-2/h3-5H,1H2,2H3;1-2H3/b6-4+,7-5+;. The molecule has 0 saturated carbocycles. The van der Waals surface area contributed by atoms with E-state index in [9.17, 15) is 14.5 Å². The fourth-order valence-corrected chi connectivity index (χ4v) is 0.329. The maximum Gasteiger partial charge on any atom is 0.243 e. The van der Waals surface area contributed by atoms with E-state index in [1.807, 2.05) is 13.8 Å². The molecule has 0 aliphatic heterocycles. The molecular formula is C9H14FNO2. The molecule has 74 valence electrons. The molecule has 0 aliphatic carbocycles. The molecule has 0 bridgehead atoms. The lowest BCUT2D eigenvalue weighted by Crippen LogP contribution is -1.91. The Bertz CT molecular complexity index is 232. The molecule has 0 spiro atoms. The molecule has 0 aromatic carbocycles. The molecule has 0 atom stereocenters. The smallest absolute Gasteiger partial charge is 0.243 e. The van der Waals surface area contributed by atoms with E-state index in [1.165, 1.54) is 6.92 Å². The van der Waals surface area contributed by atoms with E-state index < -0.39 is 10.8 Å². The molecule has 0 aliphatic rings. The minimum Gasteiger partial charge on any atom is -0.259 e. The zero-order valence-electron chi connectivity index (χ0n) is 8.08. The summed E-state index contributed by atoms with van der Waals surface area (Å²) in [5.41, 5.74) is -0.109. The predicted molar refractivity (Wildman–Crippen MR) is 51.5 cm³/mol. The normalized spacial score (nSPS) is 11.4. The van der Waals surface area contributed by atoms with Crippen molar-refractivity contribution in [3.63, 3.8) is 0 Å². The highest BCUT2D eigenvalue weighted by Gasteiger charge is 1.97. The van der Waals surface area contributed by atoms with Gasteiger partial charge in [0.1, 0.15) is 5.83 Å². The number of halogens is 1. The van der Waals surface area contributed by atoms with E-state index in [4.69, 9.17) is 0 Å². The van der Waals surface area contributed by atoms with Gasteiger partial charge in [0.2, 0.25) is 5.70 Å². The first-order valence-corrected chi connectivity index (χ1v) is 3.89. The van der Waals surface area contributed by atoms with Crippen molar-refractivity contribution in [3.05, 3.63) is 46.4 Å². The maximum absolute atomic E-state index is 12.2. The third-order valence-electron chi connectivity index (χ3n) is 0.967. The van der Waals surface area contributed by atoms with Crippen molar-refractivity contribution >= 4 is 0 Å². The Morgan fingerprint density at radius 1 is 1.46 bits per heavy atom. The van der Waals surface area contributed by atoms with Gasteiger partial charge in [-0.3, -0.25) is 10.1 Å². The van der Waals surface area contributed by atoms with Gasteiger partial charge >= 0.3 is 0 Å². The molecule has 0 radical (unpaired) electrons. The van der Waals surface area contributed by atoms with Crippen LogP contribution in [0.3, 0.4) is 0 Å². The average Bonchev–Trinajstić information content (AvgIpc) is 2.16. The molecule has 13 heavy (non-hydrogen) atoms. The summed E-state index contributed by atoms with van der Waals surface area (Å²) in [5, 5.41) is 9.96. The van der Waals surface area contributed by atoms with Crippen LogP contribution in [0.5, 0.6) is 0 Å². The lowest BCUT2D eigenvalue weighted by molar-refractivity contribution is -0.424. The van der Waals surface area contributed by atoms with Crippen LogP contribution in [-0.4, -0.2) is 4.92 Å². The third kappa shape index (κ3) is 8.46. The highest BCUT2D eigenvalue weighted by Crippen LogP contribution is 2.00. The van der Waals surface area contributed by atoms with Crippen LogP contribution in [0.2, 0.25) is 0 Å². The van der Waals surface area contributed by atoms with Crippen LogP contribution in [0.25, 0.3) is 0 Å². The van der Waals surface area contributed by atoms with E-state index in [2.05, 4.69) is 6.58 Å². The van der Waals surface area contributed by atoms with Crippen LogP contribution in [0.4, 0.5) is 4.39 Å². The molecule has 0 amide bonds. The van der Waals surface area contributed by atoms with Crippen molar-refractivity contribution in [2.45, 2.75) is 20.8 Å². The van der Waals surface area contributed by atoms with Gasteiger partial charge in [0.25, 0.3) is 0 Å². The Morgan fingerprint density at radius 3 is 2.23 bits per heavy atom. The van der Waals surface area contributed by atoms with Crippen molar-refractivity contribution in [1.29, 1.82) is 0 Å². The molecular weight excluding hydrogens is 173 g/mol. The molecule has 0 heterocycles. The number of hydrogen-bond donors (Lipinski definition) is 0. The number of nitro groups is 1. The van der Waals surface area contributed by atoms with Crippen molar-refractivity contribution in [2.24, 2.45) is 0 Å². The average molecular weight is 187 g/mol. The first-order valence-electron chi connectivity index (χ1n) is 3.89. The molecule has 4 heteroatoms. The summed E-state index contributed by atoms with van der Waals surface area (Å²) >= 11 is 0. The highest BCUT2D eigenvalue weighted by molar-refractivity contribution is 5.16. The van der Waals surface area contributed by atoms with E-state index >= 15 is 0 Å². The Labute approximate surface area is 77.4 Å². The number of allylic oxidation sites excluding steroid dienone is 5. The summed E-state index contributed by atoms with van der Waals surface area (Å²) in [4.78, 5) is 9.37. The largest absolute Gasteiger partial charge is 0.259 e. The predicted octanol–water partition coefficient (Wildman–Crippen LogP) is 3.23. The van der Waals surface area contributed by atoms with Crippen molar-refractivity contribution < 1.29 is 9.31 Å². The quantitative estimate of drug-likeness (QED) is 0.386. The number of hydrogen-bond acceptors (Lipinski definition) is 2. The number of rotatable bonds is 3. The Morgan fingerprint density at radius 2 is 1.92 bits per heavy atom. The van der Waals surface area contributed by atoms with Gasteiger partial charge in [-0.25, -0.2) is 4.39 Å². The minimum absolute atomic E-state index is 0.109. The maximum atomic E-state index is 12.2. The van der Waals surface area contributed by atoms with E-state index in [1.54, 1.807) is 0 Å². The molecule has 0 unspecified atom stereocenters. The van der Waals surface area contributed by atoms with Crippen molar-refractivity contribution in [2.75, 3.05) is 0 Å². The Kier molecular flexibility index (Phi) is 9.37. The molecule has 0 aromatic heterocycles. The van der Waals surface area contributed by atoms with Crippen LogP contribution in [-0.2, 0) is 0 Å². The lowest BCUT2D eigenvalue weighted by Gasteiger charge is -1.85. The Balaban J connectivity index is 0. The Hall–Kier alpha value is -1.45. The zero-order chi connectivity index (χ0) is 10.9. The topological polar surface area (TPSA) is 43.1 Å². The molecule has 0 saturated heterocycles. The summed E-state index contributed by atoms with van der Waals surface area (Å²) in [6, 6.07) is 0. The van der Waals surface area contributed by atoms with Gasteiger partial charge in [0.05, 0.1) is 4.92 Å². The van der Waals surface area contributed by atoms with Gasteiger partial charge < -0.3 is 0 Å². The van der Waals surface area contributed by atoms with Gasteiger partial charge in [0.15, 0.2) is 0 Å². The number of nitrogens with zero attached hydrogens (tertiary/aromatic N) is 1. The molecule has 0 N–H and O–H groups in total. The SMILES string of the molecule is C=C/C(F)=C\C=C(/C)[N+](=O)[O-].CC. The van der Waals surface area contributed by atoms with Crippen molar-refractivity contribution in [3.8, 4) is 0 Å². The third-order valence-corrected chi connectivity index (χ3v) is 0.967. The second kappa shape index (κ2) is 8.64. The van der Waals surface area contributed by atoms with Crippen LogP contribution in [0.1, 0.15) is 20.8 Å². The summed E-state index contributed by atoms with van der Waals surface area (Å²) in [6.07, 6.45) is 3.05. The van der Waals surface area contributed by atoms with Crippen LogP contribution in [0.15, 0.2) is 36.3 Å². The van der Waals surface area contributed by atoms with Crippen LogP contribution in [0, 0.1) is 10.1 Å². The summed E-state index contributed by atoms with van der Waals surface area (Å²) < 4.78 is 12.2. The van der Waals surface area contributed by atoms with Gasteiger partial charge in [-0.1, -0.05) is 20.4 Å². The zero-order valence-corrected chi connectivity index (χ0v) is 8.08. The second-order valence-electron chi connectivity index (χ2n) is 1.82. The van der Waals surface area contributed by atoms with Gasteiger partial charge in [-0.05, 0) is 12.2 Å². The minimum atomic E-state index is -0.591. The van der Waals surface area contributed by atoms with Crippen LogP contribution < -0.4 is 0 Å². The first kappa shape index (κ1) is 14.1. The van der Waals surface area contributed by atoms with Gasteiger partial charge in [-0.2, -0.15) is 0 Å². The van der Waals surface area contributed by atoms with Crippen LogP contribution >= 0.6 is 0 Å². The van der Waals surface area contributed by atoms with E-state index in [-0.39, 0.29) is 5.70 Å². The van der Waals surface area contributed by atoms with Gasteiger partial charge in [-0.15, -0.1) is 0 Å². The summed E-state index contributed by atoms with van der Waals surface area (Å²) in [5.74, 6) is -0.591. The van der Waals surface area contributed by atoms with E-state index in [0.717, 1.165) is 18.2 Å². The molecule has 0 aromatic rings. The molecule has 0 rings (SSSR count). The first-order chi connectivity index (χ1) is 6.07. The van der Waals surface area contributed by atoms with Crippen molar-refractivity contribution in [1.82, 2.24) is 0 Å². The highest BCUT2D eigenvalue weighted by atomic mass is 19.1.